The van der Waals surface area contributed by atoms with Crippen molar-refractivity contribution < 1.29 is 14.3 Å². The van der Waals surface area contributed by atoms with Crippen molar-refractivity contribution in [1.29, 1.82) is 0 Å². The van der Waals surface area contributed by atoms with Crippen LogP contribution in [-0.4, -0.2) is 38.8 Å². The molecule has 0 spiro atoms. The van der Waals surface area contributed by atoms with Gasteiger partial charge in [-0.2, -0.15) is 0 Å². The van der Waals surface area contributed by atoms with Crippen molar-refractivity contribution in [3.8, 4) is 11.5 Å². The van der Waals surface area contributed by atoms with E-state index in [4.69, 9.17) is 9.47 Å². The van der Waals surface area contributed by atoms with E-state index < -0.39 is 0 Å². The molecule has 0 aliphatic carbocycles. The van der Waals surface area contributed by atoms with Gasteiger partial charge in [0.15, 0.2) is 11.5 Å². The molecule has 150 valence electrons. The maximum absolute atomic E-state index is 12.6. The summed E-state index contributed by atoms with van der Waals surface area (Å²) in [4.78, 5) is 15.0. The van der Waals surface area contributed by atoms with Gasteiger partial charge in [0.05, 0.1) is 13.2 Å². The predicted octanol–water partition coefficient (Wildman–Crippen LogP) is 4.13. The first-order valence-electron chi connectivity index (χ1n) is 10.2. The lowest BCUT2D eigenvalue weighted by Gasteiger charge is -2.18. The SMILES string of the molecule is CCCOc1ccc(C(=O)NCC2CCN(c3ccccc3)C2)cc1OCC. The fourth-order valence-corrected chi connectivity index (χ4v) is 3.46. The number of carbonyl (C=O) groups is 1. The summed E-state index contributed by atoms with van der Waals surface area (Å²) in [5.74, 6) is 1.71. The van der Waals surface area contributed by atoms with Crippen LogP contribution >= 0.6 is 0 Å². The maximum atomic E-state index is 12.6. The Morgan fingerprint density at radius 3 is 2.68 bits per heavy atom. The minimum Gasteiger partial charge on any atom is -0.490 e. The van der Waals surface area contributed by atoms with E-state index in [1.165, 1.54) is 5.69 Å². The van der Waals surface area contributed by atoms with Gasteiger partial charge in [-0.05, 0) is 56.0 Å². The summed E-state index contributed by atoms with van der Waals surface area (Å²) in [7, 11) is 0. The molecule has 28 heavy (non-hydrogen) atoms. The number of para-hydroxylation sites is 1. The minimum absolute atomic E-state index is 0.0684. The molecule has 2 aromatic carbocycles. The van der Waals surface area contributed by atoms with E-state index in [2.05, 4.69) is 41.4 Å². The van der Waals surface area contributed by atoms with Crippen molar-refractivity contribution in [2.45, 2.75) is 26.7 Å². The lowest BCUT2D eigenvalue weighted by molar-refractivity contribution is 0.0947. The normalized spacial score (nSPS) is 16.1. The third kappa shape index (κ3) is 5.18. The zero-order valence-electron chi connectivity index (χ0n) is 16.8. The number of ether oxygens (including phenoxy) is 2. The van der Waals surface area contributed by atoms with Crippen LogP contribution in [0.3, 0.4) is 0 Å². The maximum Gasteiger partial charge on any atom is 0.251 e. The second-order valence-corrected chi connectivity index (χ2v) is 7.09. The lowest BCUT2D eigenvalue weighted by Crippen LogP contribution is -2.31. The van der Waals surface area contributed by atoms with E-state index in [-0.39, 0.29) is 5.91 Å². The van der Waals surface area contributed by atoms with Gasteiger partial charge in [0.1, 0.15) is 0 Å². The molecule has 1 aliphatic heterocycles. The Hall–Kier alpha value is -2.69. The Morgan fingerprint density at radius 1 is 1.11 bits per heavy atom. The van der Waals surface area contributed by atoms with Gasteiger partial charge in [0, 0.05) is 30.9 Å². The third-order valence-corrected chi connectivity index (χ3v) is 4.93. The van der Waals surface area contributed by atoms with Crippen molar-refractivity contribution in [3.05, 3.63) is 54.1 Å². The molecule has 1 unspecified atom stereocenters. The predicted molar refractivity (Wildman–Crippen MR) is 112 cm³/mol. The number of benzene rings is 2. The van der Waals surface area contributed by atoms with Crippen LogP contribution < -0.4 is 19.7 Å². The zero-order chi connectivity index (χ0) is 19.8. The molecule has 5 nitrogen and oxygen atoms in total. The van der Waals surface area contributed by atoms with Crippen LogP contribution in [0.4, 0.5) is 5.69 Å². The Balaban J connectivity index is 1.55. The van der Waals surface area contributed by atoms with E-state index in [0.717, 1.165) is 25.9 Å². The fourth-order valence-electron chi connectivity index (χ4n) is 3.46. The molecule has 1 saturated heterocycles. The second-order valence-electron chi connectivity index (χ2n) is 7.09. The van der Waals surface area contributed by atoms with E-state index in [9.17, 15) is 4.79 Å². The van der Waals surface area contributed by atoms with E-state index >= 15 is 0 Å². The van der Waals surface area contributed by atoms with Crippen LogP contribution in [0.5, 0.6) is 11.5 Å². The van der Waals surface area contributed by atoms with Gasteiger partial charge in [-0.25, -0.2) is 0 Å². The fraction of sp³-hybridized carbons (Fsp3) is 0.435. The van der Waals surface area contributed by atoms with Crippen molar-refractivity contribution in [3.63, 3.8) is 0 Å². The summed E-state index contributed by atoms with van der Waals surface area (Å²) in [6.07, 6.45) is 2.01. The highest BCUT2D eigenvalue weighted by Gasteiger charge is 2.23. The molecule has 0 radical (unpaired) electrons. The Labute approximate surface area is 167 Å². The number of hydrogen-bond donors (Lipinski definition) is 1. The topological polar surface area (TPSA) is 50.8 Å². The van der Waals surface area contributed by atoms with E-state index in [1.54, 1.807) is 12.1 Å². The van der Waals surface area contributed by atoms with Gasteiger partial charge in [0.25, 0.3) is 5.91 Å². The molecule has 3 rings (SSSR count). The molecule has 5 heteroatoms. The first-order valence-corrected chi connectivity index (χ1v) is 10.2. The average molecular weight is 383 g/mol. The number of anilines is 1. The molecular weight excluding hydrogens is 352 g/mol. The van der Waals surface area contributed by atoms with Crippen molar-refractivity contribution in [1.82, 2.24) is 5.32 Å². The summed E-state index contributed by atoms with van der Waals surface area (Å²) in [6, 6.07) is 15.8. The van der Waals surface area contributed by atoms with E-state index in [1.807, 2.05) is 19.1 Å². The molecule has 1 amide bonds. The van der Waals surface area contributed by atoms with Crippen LogP contribution in [0.25, 0.3) is 0 Å². The molecule has 0 bridgehead atoms. The summed E-state index contributed by atoms with van der Waals surface area (Å²) in [5, 5.41) is 3.08. The van der Waals surface area contributed by atoms with Gasteiger partial charge < -0.3 is 19.7 Å². The minimum atomic E-state index is -0.0684. The summed E-state index contributed by atoms with van der Waals surface area (Å²) in [5.41, 5.74) is 1.85. The summed E-state index contributed by atoms with van der Waals surface area (Å²) >= 11 is 0. The number of amides is 1. The molecule has 0 aromatic heterocycles. The number of carbonyl (C=O) groups excluding carboxylic acids is 1. The first-order chi connectivity index (χ1) is 13.7. The number of nitrogens with zero attached hydrogens (tertiary/aromatic N) is 1. The van der Waals surface area contributed by atoms with Crippen LogP contribution in [0.1, 0.15) is 37.0 Å². The number of rotatable bonds is 9. The molecule has 1 aliphatic rings. The molecule has 1 N–H and O–H groups in total. The van der Waals surface area contributed by atoms with Crippen LogP contribution in [0, 0.1) is 5.92 Å². The first kappa shape index (κ1) is 20.1. The Morgan fingerprint density at radius 2 is 1.93 bits per heavy atom. The van der Waals surface area contributed by atoms with E-state index in [0.29, 0.717) is 42.7 Å². The lowest BCUT2D eigenvalue weighted by atomic mass is 10.1. The van der Waals surface area contributed by atoms with Crippen molar-refractivity contribution >= 4 is 11.6 Å². The van der Waals surface area contributed by atoms with Gasteiger partial charge >= 0.3 is 0 Å². The molecule has 0 saturated carbocycles. The molecule has 1 fully saturated rings. The molecule has 2 aromatic rings. The third-order valence-electron chi connectivity index (χ3n) is 4.93. The van der Waals surface area contributed by atoms with Gasteiger partial charge in [-0.15, -0.1) is 0 Å². The summed E-state index contributed by atoms with van der Waals surface area (Å²) < 4.78 is 11.4. The zero-order valence-corrected chi connectivity index (χ0v) is 16.8. The smallest absolute Gasteiger partial charge is 0.251 e. The highest BCUT2D eigenvalue weighted by molar-refractivity contribution is 5.94. The Kier molecular flexibility index (Phi) is 7.18. The largest absolute Gasteiger partial charge is 0.490 e. The van der Waals surface area contributed by atoms with Gasteiger partial charge in [-0.1, -0.05) is 25.1 Å². The Bertz CT molecular complexity index is 764. The quantitative estimate of drug-likeness (QED) is 0.708. The van der Waals surface area contributed by atoms with Crippen LogP contribution in [-0.2, 0) is 0 Å². The average Bonchev–Trinajstić information content (AvgIpc) is 3.21. The standard InChI is InChI=1S/C23H30N2O3/c1-3-14-28-21-11-10-19(15-22(21)27-4-2)23(26)24-16-18-12-13-25(17-18)20-8-6-5-7-9-20/h5-11,15,18H,3-4,12-14,16-17H2,1-2H3,(H,24,26). The molecule has 1 heterocycles. The second kappa shape index (κ2) is 10.0. The molecular formula is C23H30N2O3. The van der Waals surface area contributed by atoms with Gasteiger partial charge in [0.2, 0.25) is 0 Å². The summed E-state index contributed by atoms with van der Waals surface area (Å²) in [6.45, 7) is 7.83. The van der Waals surface area contributed by atoms with Crippen LogP contribution in [0.2, 0.25) is 0 Å². The highest BCUT2D eigenvalue weighted by Crippen LogP contribution is 2.29. The number of hydrogen-bond acceptors (Lipinski definition) is 4. The molecule has 1 atom stereocenters. The van der Waals surface area contributed by atoms with Crippen molar-refractivity contribution in [2.75, 3.05) is 37.7 Å². The van der Waals surface area contributed by atoms with Crippen LogP contribution in [0.15, 0.2) is 48.5 Å². The van der Waals surface area contributed by atoms with Gasteiger partial charge in [-0.3, -0.25) is 4.79 Å². The number of nitrogens with one attached hydrogen (secondary N) is 1. The highest BCUT2D eigenvalue weighted by atomic mass is 16.5. The monoisotopic (exact) mass is 382 g/mol. The van der Waals surface area contributed by atoms with Crippen molar-refractivity contribution in [2.24, 2.45) is 5.92 Å².